The molecule has 0 unspecified atom stereocenters. The van der Waals surface area contributed by atoms with Gasteiger partial charge in [-0.3, -0.25) is 5.01 Å². The molecule has 16 heavy (non-hydrogen) atoms. The number of thiocarbonyl (C=S) groups is 1. The predicted octanol–water partition coefficient (Wildman–Crippen LogP) is 3.28. The van der Waals surface area contributed by atoms with Crippen molar-refractivity contribution in [2.45, 2.75) is 58.0 Å². The number of hydrogen-bond acceptors (Lipinski definition) is 3. The van der Waals surface area contributed by atoms with Crippen LogP contribution in [-0.4, -0.2) is 37.7 Å². The zero-order chi connectivity index (χ0) is 12.0. The number of thioether (sulfide) groups is 1. The second kappa shape index (κ2) is 4.14. The fourth-order valence-electron chi connectivity index (χ4n) is 3.21. The Labute approximate surface area is 109 Å². The molecule has 0 radical (unpaired) electrons. The first-order chi connectivity index (χ1) is 7.34. The van der Waals surface area contributed by atoms with Crippen LogP contribution in [0.15, 0.2) is 0 Å². The summed E-state index contributed by atoms with van der Waals surface area (Å²) < 4.78 is 1.06. The first-order valence-electron chi connectivity index (χ1n) is 6.09. The predicted molar refractivity (Wildman–Crippen MR) is 75.6 cm³/mol. The summed E-state index contributed by atoms with van der Waals surface area (Å²) >= 11 is 7.29. The van der Waals surface area contributed by atoms with Gasteiger partial charge in [-0.2, -0.15) is 0 Å². The molecule has 2 aliphatic heterocycles. The lowest BCUT2D eigenvalue weighted by Gasteiger charge is -2.56. The first kappa shape index (κ1) is 12.7. The molecule has 0 aliphatic carbocycles. The Morgan fingerprint density at radius 1 is 1.12 bits per heavy atom. The Morgan fingerprint density at radius 2 is 1.69 bits per heavy atom. The van der Waals surface area contributed by atoms with E-state index in [1.807, 2.05) is 11.8 Å². The molecule has 0 aromatic rings. The van der Waals surface area contributed by atoms with E-state index in [1.54, 1.807) is 0 Å². The van der Waals surface area contributed by atoms with Crippen molar-refractivity contribution in [2.24, 2.45) is 0 Å². The van der Waals surface area contributed by atoms with Gasteiger partial charge in [-0.1, -0.05) is 24.0 Å². The van der Waals surface area contributed by atoms with Crippen LogP contribution in [-0.2, 0) is 0 Å². The van der Waals surface area contributed by atoms with Crippen LogP contribution in [0.2, 0.25) is 0 Å². The van der Waals surface area contributed by atoms with Crippen LogP contribution in [0.5, 0.6) is 0 Å². The first-order valence-corrected chi connectivity index (χ1v) is 7.48. The van der Waals surface area contributed by atoms with Crippen molar-refractivity contribution in [2.75, 3.05) is 12.3 Å². The van der Waals surface area contributed by atoms with Gasteiger partial charge in [-0.25, -0.2) is 5.01 Å². The van der Waals surface area contributed by atoms with Crippen molar-refractivity contribution in [1.82, 2.24) is 10.0 Å². The second-order valence-corrected chi connectivity index (χ2v) is 7.76. The molecule has 0 spiro atoms. The average molecular weight is 258 g/mol. The largest absolute Gasteiger partial charge is 0.289 e. The Morgan fingerprint density at radius 3 is 2.12 bits per heavy atom. The van der Waals surface area contributed by atoms with E-state index in [4.69, 9.17) is 12.2 Å². The van der Waals surface area contributed by atoms with Crippen LogP contribution in [0.25, 0.3) is 0 Å². The van der Waals surface area contributed by atoms with E-state index < -0.39 is 0 Å². The minimum absolute atomic E-state index is 0.233. The van der Waals surface area contributed by atoms with Crippen molar-refractivity contribution >= 4 is 28.3 Å². The minimum atomic E-state index is 0.233. The number of rotatable bonds is 1. The van der Waals surface area contributed by atoms with Gasteiger partial charge in [-0.05, 0) is 47.0 Å². The van der Waals surface area contributed by atoms with Gasteiger partial charge < -0.3 is 0 Å². The maximum Gasteiger partial charge on any atom is 0.150 e. The third-order valence-electron chi connectivity index (χ3n) is 3.70. The quantitative estimate of drug-likeness (QED) is 0.666. The number of hydrogen-bond donors (Lipinski definition) is 0. The molecule has 4 heteroatoms. The van der Waals surface area contributed by atoms with Gasteiger partial charge in [0, 0.05) is 23.4 Å². The van der Waals surface area contributed by atoms with E-state index >= 15 is 0 Å². The molecule has 2 fully saturated rings. The average Bonchev–Trinajstić information content (AvgIpc) is 2.49. The molecule has 0 saturated carbocycles. The second-order valence-electron chi connectivity index (χ2n) is 6.03. The van der Waals surface area contributed by atoms with Gasteiger partial charge >= 0.3 is 0 Å². The molecule has 92 valence electrons. The third kappa shape index (κ3) is 2.12. The van der Waals surface area contributed by atoms with E-state index in [9.17, 15) is 0 Å². The van der Waals surface area contributed by atoms with Gasteiger partial charge in [0.1, 0.15) is 0 Å². The van der Waals surface area contributed by atoms with E-state index in [-0.39, 0.29) is 11.1 Å². The third-order valence-corrected chi connectivity index (χ3v) is 5.11. The van der Waals surface area contributed by atoms with Crippen molar-refractivity contribution < 1.29 is 0 Å². The molecule has 2 heterocycles. The molecule has 2 aliphatic rings. The summed E-state index contributed by atoms with van der Waals surface area (Å²) in [4.78, 5) is 0. The van der Waals surface area contributed by atoms with Crippen LogP contribution < -0.4 is 0 Å². The maximum atomic E-state index is 5.47. The highest BCUT2D eigenvalue weighted by Crippen LogP contribution is 2.41. The Kier molecular flexibility index (Phi) is 3.28. The summed E-state index contributed by atoms with van der Waals surface area (Å²) in [5.41, 5.74) is 0.466. The normalized spacial score (nSPS) is 29.8. The Hall–Kier alpha value is 0.200. The zero-order valence-electron chi connectivity index (χ0n) is 10.7. The van der Waals surface area contributed by atoms with Gasteiger partial charge in [0.05, 0.1) is 0 Å². The smallest absolute Gasteiger partial charge is 0.150 e. The van der Waals surface area contributed by atoms with Crippen molar-refractivity contribution in [3.63, 3.8) is 0 Å². The molecular formula is C12H22N2S2. The summed E-state index contributed by atoms with van der Waals surface area (Å²) in [5.74, 6) is 1.14. The molecule has 0 N–H and O–H groups in total. The van der Waals surface area contributed by atoms with E-state index in [0.29, 0.717) is 0 Å². The van der Waals surface area contributed by atoms with Crippen LogP contribution in [0.1, 0.15) is 47.0 Å². The van der Waals surface area contributed by atoms with Crippen LogP contribution in [0.4, 0.5) is 0 Å². The summed E-state index contributed by atoms with van der Waals surface area (Å²) in [6, 6.07) is 0. The molecule has 0 bridgehead atoms. The maximum absolute atomic E-state index is 5.47. The Bertz CT molecular complexity index is 283. The zero-order valence-corrected chi connectivity index (χ0v) is 12.4. The summed E-state index contributed by atoms with van der Waals surface area (Å²) in [5, 5.41) is 4.89. The SMILES string of the molecule is CC1(C)CCCC(C)(C)N1N1CCSC1=S. The standard InChI is InChI=1S/C12H22N2S2/c1-11(2)6-5-7-12(3,4)14(11)13-8-9-16-10(13)15/h5-9H2,1-4H3. The summed E-state index contributed by atoms with van der Waals surface area (Å²) in [7, 11) is 0. The molecule has 2 saturated heterocycles. The fourth-order valence-corrected chi connectivity index (χ4v) is 4.39. The molecule has 0 aromatic heterocycles. The minimum Gasteiger partial charge on any atom is -0.289 e. The van der Waals surface area contributed by atoms with Crippen molar-refractivity contribution in [3.8, 4) is 0 Å². The highest BCUT2D eigenvalue weighted by Gasteiger charge is 2.46. The van der Waals surface area contributed by atoms with Gasteiger partial charge in [0.2, 0.25) is 0 Å². The number of nitrogens with zero attached hydrogens (tertiary/aromatic N) is 2. The van der Waals surface area contributed by atoms with Crippen LogP contribution >= 0.6 is 24.0 Å². The van der Waals surface area contributed by atoms with Crippen LogP contribution in [0.3, 0.4) is 0 Å². The molecule has 0 aromatic carbocycles. The summed E-state index contributed by atoms with van der Waals surface area (Å²) in [6.45, 7) is 10.5. The van der Waals surface area contributed by atoms with Gasteiger partial charge in [-0.15, -0.1) is 0 Å². The molecular weight excluding hydrogens is 236 g/mol. The van der Waals surface area contributed by atoms with Crippen LogP contribution in [0, 0.1) is 0 Å². The van der Waals surface area contributed by atoms with Crippen molar-refractivity contribution in [1.29, 1.82) is 0 Å². The topological polar surface area (TPSA) is 6.48 Å². The van der Waals surface area contributed by atoms with Gasteiger partial charge in [0.25, 0.3) is 0 Å². The highest BCUT2D eigenvalue weighted by atomic mass is 32.2. The van der Waals surface area contributed by atoms with Crippen molar-refractivity contribution in [3.05, 3.63) is 0 Å². The molecule has 0 atom stereocenters. The van der Waals surface area contributed by atoms with E-state index in [0.717, 1.165) is 16.6 Å². The lowest BCUT2D eigenvalue weighted by Crippen LogP contribution is -2.65. The van der Waals surface area contributed by atoms with E-state index in [1.165, 1.54) is 19.3 Å². The molecule has 2 rings (SSSR count). The highest BCUT2D eigenvalue weighted by molar-refractivity contribution is 8.23. The molecule has 2 nitrogen and oxygen atoms in total. The van der Waals surface area contributed by atoms with E-state index in [2.05, 4.69) is 37.7 Å². The molecule has 0 amide bonds. The fraction of sp³-hybridized carbons (Fsp3) is 0.917. The number of hydrazine groups is 1. The lowest BCUT2D eigenvalue weighted by molar-refractivity contribution is -0.140. The lowest BCUT2D eigenvalue weighted by atomic mass is 9.81. The summed E-state index contributed by atoms with van der Waals surface area (Å²) in [6.07, 6.45) is 3.85. The number of piperidine rings is 1. The van der Waals surface area contributed by atoms with Gasteiger partial charge in [0.15, 0.2) is 4.32 Å². The monoisotopic (exact) mass is 258 g/mol. The Balaban J connectivity index is 2.29.